The summed E-state index contributed by atoms with van der Waals surface area (Å²) in [6.07, 6.45) is 2.93. The predicted octanol–water partition coefficient (Wildman–Crippen LogP) is 0.699. The van der Waals surface area contributed by atoms with E-state index in [1.54, 1.807) is 6.92 Å². The lowest BCUT2D eigenvalue weighted by molar-refractivity contribution is 0.0526. The van der Waals surface area contributed by atoms with Gasteiger partial charge in [-0.3, -0.25) is 4.68 Å². The zero-order valence-electron chi connectivity index (χ0n) is 6.28. The topological polar surface area (TPSA) is 44.1 Å². The fraction of sp³-hybridized carbons (Fsp3) is 0.286. The zero-order valence-corrected chi connectivity index (χ0v) is 6.28. The van der Waals surface area contributed by atoms with Crippen LogP contribution in [0.3, 0.4) is 0 Å². The number of aromatic nitrogens is 2. The van der Waals surface area contributed by atoms with Crippen molar-refractivity contribution in [3.05, 3.63) is 25.0 Å². The maximum atomic E-state index is 11.0. The molecule has 0 aliphatic carbocycles. The molecule has 59 valence electrons. The molecule has 4 heteroatoms. The predicted molar refractivity (Wildman–Crippen MR) is 38.9 cm³/mol. The number of rotatable bonds is 2. The van der Waals surface area contributed by atoms with E-state index in [1.165, 1.54) is 17.1 Å². The van der Waals surface area contributed by atoms with Crippen LogP contribution < -0.4 is 0 Å². The third-order valence-corrected chi connectivity index (χ3v) is 1.14. The van der Waals surface area contributed by atoms with Gasteiger partial charge >= 0.3 is 5.97 Å². The van der Waals surface area contributed by atoms with Gasteiger partial charge in [-0.1, -0.05) is 0 Å². The Balaban J connectivity index is 2.69. The lowest BCUT2D eigenvalue weighted by atomic mass is 10.4. The average molecular weight is 153 g/mol. The Bertz CT molecular complexity index is 255. The molecule has 1 aromatic rings. The summed E-state index contributed by atoms with van der Waals surface area (Å²) < 4.78 is 6.03. The van der Waals surface area contributed by atoms with E-state index < -0.39 is 0 Å². The van der Waals surface area contributed by atoms with Crippen molar-refractivity contribution >= 4 is 5.97 Å². The highest BCUT2D eigenvalue weighted by molar-refractivity contribution is 5.88. The van der Waals surface area contributed by atoms with Crippen LogP contribution in [0.1, 0.15) is 17.3 Å². The number of hydrogen-bond acceptors (Lipinski definition) is 3. The summed E-state index contributed by atoms with van der Waals surface area (Å²) in [5.41, 5.74) is 0.432. The molecule has 1 rings (SSSR count). The van der Waals surface area contributed by atoms with Crippen molar-refractivity contribution in [3.63, 3.8) is 0 Å². The van der Waals surface area contributed by atoms with Gasteiger partial charge in [0.05, 0.1) is 25.4 Å². The van der Waals surface area contributed by atoms with E-state index >= 15 is 0 Å². The first kappa shape index (κ1) is 7.78. The van der Waals surface area contributed by atoms with Gasteiger partial charge in [-0.05, 0) is 6.92 Å². The lowest BCUT2D eigenvalue weighted by Crippen LogP contribution is -2.02. The molecule has 0 N–H and O–H groups in total. The number of ether oxygens (including phenoxy) is 1. The van der Waals surface area contributed by atoms with Crippen LogP contribution >= 0.6 is 0 Å². The number of hydrogen-bond donors (Lipinski definition) is 0. The van der Waals surface area contributed by atoms with Crippen molar-refractivity contribution in [1.82, 2.24) is 9.78 Å². The number of carbonyl (C=O) groups is 1. The van der Waals surface area contributed by atoms with Crippen LogP contribution in [0.4, 0.5) is 0 Å². The molecule has 1 radical (unpaired) electrons. The fourth-order valence-electron chi connectivity index (χ4n) is 0.683. The van der Waals surface area contributed by atoms with Crippen molar-refractivity contribution in [1.29, 1.82) is 0 Å². The molecule has 0 aliphatic rings. The molecule has 0 atom stereocenters. The molecular formula is C7H9N2O2. The molecule has 4 nitrogen and oxygen atoms in total. The molecule has 1 aromatic heterocycles. The van der Waals surface area contributed by atoms with Gasteiger partial charge in [0.25, 0.3) is 0 Å². The molecule has 0 unspecified atom stereocenters. The smallest absolute Gasteiger partial charge is 0.341 e. The summed E-state index contributed by atoms with van der Waals surface area (Å²) in [4.78, 5) is 11.0. The SMILES string of the molecule is [CH2]n1cc(C(=O)OCC)cn1. The quantitative estimate of drug-likeness (QED) is 0.587. The van der Waals surface area contributed by atoms with E-state index in [0.29, 0.717) is 12.2 Å². The maximum absolute atomic E-state index is 11.0. The monoisotopic (exact) mass is 153 g/mol. The van der Waals surface area contributed by atoms with Crippen molar-refractivity contribution in [3.8, 4) is 0 Å². The fourth-order valence-corrected chi connectivity index (χ4v) is 0.683. The van der Waals surface area contributed by atoms with E-state index in [0.717, 1.165) is 0 Å². The minimum Gasteiger partial charge on any atom is -0.462 e. The van der Waals surface area contributed by atoms with Crippen molar-refractivity contribution < 1.29 is 9.53 Å². The van der Waals surface area contributed by atoms with Crippen LogP contribution in [-0.2, 0) is 4.74 Å². The highest BCUT2D eigenvalue weighted by atomic mass is 16.5. The first-order chi connectivity index (χ1) is 5.24. The van der Waals surface area contributed by atoms with Crippen molar-refractivity contribution in [2.24, 2.45) is 0 Å². The van der Waals surface area contributed by atoms with Crippen molar-refractivity contribution in [2.45, 2.75) is 6.92 Å². The molecule has 0 aliphatic heterocycles. The van der Waals surface area contributed by atoms with Crippen LogP contribution in [0, 0.1) is 7.05 Å². The largest absolute Gasteiger partial charge is 0.462 e. The highest BCUT2D eigenvalue weighted by Gasteiger charge is 2.06. The van der Waals surface area contributed by atoms with E-state index in [-0.39, 0.29) is 5.97 Å². The van der Waals surface area contributed by atoms with Gasteiger partial charge in [-0.2, -0.15) is 5.10 Å². The van der Waals surface area contributed by atoms with Crippen LogP contribution in [0.2, 0.25) is 0 Å². The molecular weight excluding hydrogens is 144 g/mol. The van der Waals surface area contributed by atoms with Gasteiger partial charge in [0.1, 0.15) is 0 Å². The van der Waals surface area contributed by atoms with Gasteiger partial charge < -0.3 is 4.74 Å². The third kappa shape index (κ3) is 1.80. The molecule has 0 fully saturated rings. The Morgan fingerprint density at radius 1 is 1.91 bits per heavy atom. The number of nitrogens with zero attached hydrogens (tertiary/aromatic N) is 2. The van der Waals surface area contributed by atoms with Crippen molar-refractivity contribution in [2.75, 3.05) is 6.61 Å². The van der Waals surface area contributed by atoms with Crippen LogP contribution in [-0.4, -0.2) is 22.4 Å². The van der Waals surface area contributed by atoms with Gasteiger partial charge in [0.2, 0.25) is 0 Å². The van der Waals surface area contributed by atoms with Gasteiger partial charge in [0.15, 0.2) is 0 Å². The second-order valence-electron chi connectivity index (χ2n) is 1.99. The Morgan fingerprint density at radius 2 is 2.64 bits per heavy atom. The summed E-state index contributed by atoms with van der Waals surface area (Å²) in [6.45, 7) is 2.13. The molecule has 11 heavy (non-hydrogen) atoms. The summed E-state index contributed by atoms with van der Waals surface area (Å²) >= 11 is 0. The van der Waals surface area contributed by atoms with Crippen LogP contribution in [0.15, 0.2) is 12.4 Å². The van der Waals surface area contributed by atoms with E-state index in [2.05, 4.69) is 12.1 Å². The zero-order chi connectivity index (χ0) is 8.27. The van der Waals surface area contributed by atoms with Gasteiger partial charge in [-0.25, -0.2) is 4.79 Å². The van der Waals surface area contributed by atoms with E-state index in [9.17, 15) is 4.79 Å². The Kier molecular flexibility index (Phi) is 2.25. The Morgan fingerprint density at radius 3 is 3.09 bits per heavy atom. The van der Waals surface area contributed by atoms with Gasteiger partial charge in [0, 0.05) is 6.20 Å². The van der Waals surface area contributed by atoms with Gasteiger partial charge in [-0.15, -0.1) is 0 Å². The maximum Gasteiger partial charge on any atom is 0.341 e. The van der Waals surface area contributed by atoms with Crippen LogP contribution in [0.5, 0.6) is 0 Å². The summed E-state index contributed by atoms with van der Waals surface area (Å²) in [5, 5.41) is 3.72. The number of carbonyl (C=O) groups excluding carboxylic acids is 1. The average Bonchev–Trinajstić information content (AvgIpc) is 2.36. The number of esters is 1. The first-order valence-corrected chi connectivity index (χ1v) is 3.26. The standard InChI is InChI=1S/C7H9N2O2/c1-3-11-7(10)6-4-8-9(2)5-6/h4-5H,2-3H2,1H3. The molecule has 0 aromatic carbocycles. The van der Waals surface area contributed by atoms with E-state index in [4.69, 9.17) is 4.74 Å². The summed E-state index contributed by atoms with van der Waals surface area (Å²) in [6, 6.07) is 0. The van der Waals surface area contributed by atoms with E-state index in [1.807, 2.05) is 0 Å². The van der Waals surface area contributed by atoms with Crippen LogP contribution in [0.25, 0.3) is 0 Å². The minimum absolute atomic E-state index is 0.359. The minimum atomic E-state index is -0.359. The second-order valence-corrected chi connectivity index (χ2v) is 1.99. The Labute approximate surface area is 64.8 Å². The lowest BCUT2D eigenvalue weighted by Gasteiger charge is -1.95. The molecule has 1 heterocycles. The first-order valence-electron chi connectivity index (χ1n) is 3.26. The molecule has 0 saturated carbocycles. The second kappa shape index (κ2) is 3.18. The third-order valence-electron chi connectivity index (χ3n) is 1.14. The summed E-state index contributed by atoms with van der Waals surface area (Å²) in [5.74, 6) is -0.359. The summed E-state index contributed by atoms with van der Waals surface area (Å²) in [7, 11) is 3.48. The molecule has 0 bridgehead atoms. The normalized spacial score (nSPS) is 9.64. The molecule has 0 amide bonds. The highest BCUT2D eigenvalue weighted by Crippen LogP contribution is 1.98. The molecule has 0 saturated heterocycles. The Hall–Kier alpha value is -1.32. The molecule has 0 spiro atoms.